The molecular weight excluding hydrogens is 442 g/mol. The third-order valence-corrected chi connectivity index (χ3v) is 6.30. The number of aromatic amines is 1. The number of aromatic nitrogens is 2. The maximum Gasteiger partial charge on any atom is 0.319 e. The van der Waals surface area contributed by atoms with Crippen molar-refractivity contribution in [3.63, 3.8) is 0 Å². The van der Waals surface area contributed by atoms with E-state index in [-0.39, 0.29) is 11.6 Å². The summed E-state index contributed by atoms with van der Waals surface area (Å²) in [4.78, 5) is 28.5. The molecule has 3 N–H and O–H groups in total. The van der Waals surface area contributed by atoms with Gasteiger partial charge in [0.25, 0.3) is 0 Å². The average molecular weight is 472 g/mol. The lowest BCUT2D eigenvalue weighted by Crippen LogP contribution is -2.37. The van der Waals surface area contributed by atoms with Crippen LogP contribution in [0.5, 0.6) is 0 Å². The highest BCUT2D eigenvalue weighted by Gasteiger charge is 2.14. The van der Waals surface area contributed by atoms with Crippen molar-refractivity contribution in [3.05, 3.63) is 94.5 Å². The number of H-pyrrole nitrogens is 1. The van der Waals surface area contributed by atoms with Gasteiger partial charge < -0.3 is 24.9 Å². The normalized spacial score (nSPS) is 14.2. The molecule has 0 aliphatic carbocycles. The number of pyridine rings is 1. The van der Waals surface area contributed by atoms with Crippen molar-refractivity contribution in [1.29, 1.82) is 0 Å². The number of urea groups is 1. The standard InChI is InChI=1S/C27H29N5O3/c33-26-10-5-20(17-28-26)18-29-27(34)30-22-6-8-23(9-7-22)32-19-21(24-3-1-2-4-25(24)32)11-12-31-13-15-35-16-14-31/h1-10,17,19H,11-16,18H2,(H,28,33)(H2,29,30,34). The topological polar surface area (TPSA) is 91.4 Å². The van der Waals surface area contributed by atoms with Gasteiger partial charge >= 0.3 is 6.03 Å². The molecule has 2 aromatic heterocycles. The maximum atomic E-state index is 12.3. The van der Waals surface area contributed by atoms with Gasteiger partial charge in [-0.05, 0) is 47.9 Å². The van der Waals surface area contributed by atoms with Crippen LogP contribution in [0.15, 0.2) is 77.9 Å². The van der Waals surface area contributed by atoms with Crippen molar-refractivity contribution in [3.8, 4) is 5.69 Å². The molecule has 3 heterocycles. The smallest absolute Gasteiger partial charge is 0.319 e. The van der Waals surface area contributed by atoms with Crippen LogP contribution in [0.3, 0.4) is 0 Å². The monoisotopic (exact) mass is 471 g/mol. The predicted octanol–water partition coefficient (Wildman–Crippen LogP) is 3.52. The number of anilines is 1. The highest BCUT2D eigenvalue weighted by atomic mass is 16.5. The van der Waals surface area contributed by atoms with Crippen molar-refractivity contribution >= 4 is 22.6 Å². The molecule has 0 unspecified atom stereocenters. The zero-order chi connectivity index (χ0) is 24.0. The molecule has 0 saturated carbocycles. The van der Waals surface area contributed by atoms with Gasteiger partial charge in [0.05, 0.1) is 18.7 Å². The van der Waals surface area contributed by atoms with Gasteiger partial charge in [-0.15, -0.1) is 0 Å². The number of amides is 2. The van der Waals surface area contributed by atoms with E-state index in [1.807, 2.05) is 24.3 Å². The fraction of sp³-hybridized carbons (Fsp3) is 0.259. The molecule has 1 aliphatic heterocycles. The van der Waals surface area contributed by atoms with Gasteiger partial charge in [0.15, 0.2) is 0 Å². The van der Waals surface area contributed by atoms with Crippen molar-refractivity contribution in [2.45, 2.75) is 13.0 Å². The third-order valence-electron chi connectivity index (χ3n) is 6.30. The number of ether oxygens (including phenoxy) is 1. The van der Waals surface area contributed by atoms with Crippen molar-refractivity contribution in [1.82, 2.24) is 19.8 Å². The number of carbonyl (C=O) groups is 1. The number of morpholine rings is 1. The lowest BCUT2D eigenvalue weighted by molar-refractivity contribution is 0.0385. The number of nitrogens with one attached hydrogen (secondary N) is 3. The second-order valence-corrected chi connectivity index (χ2v) is 8.66. The summed E-state index contributed by atoms with van der Waals surface area (Å²) in [5.41, 5.74) is 4.89. The summed E-state index contributed by atoms with van der Waals surface area (Å²) in [5, 5.41) is 6.92. The molecular formula is C27H29N5O3. The van der Waals surface area contributed by atoms with E-state index < -0.39 is 0 Å². The van der Waals surface area contributed by atoms with Crippen LogP contribution >= 0.6 is 0 Å². The molecule has 2 amide bonds. The number of hydrogen-bond donors (Lipinski definition) is 3. The van der Waals surface area contributed by atoms with E-state index in [0.29, 0.717) is 12.2 Å². The van der Waals surface area contributed by atoms with Crippen LogP contribution in [0.2, 0.25) is 0 Å². The minimum atomic E-state index is -0.305. The Morgan fingerprint density at radius 3 is 2.57 bits per heavy atom. The van der Waals surface area contributed by atoms with Gasteiger partial charge in [0.2, 0.25) is 5.56 Å². The predicted molar refractivity (Wildman–Crippen MR) is 137 cm³/mol. The van der Waals surface area contributed by atoms with E-state index in [1.165, 1.54) is 22.5 Å². The second kappa shape index (κ2) is 10.6. The van der Waals surface area contributed by atoms with Gasteiger partial charge in [-0.3, -0.25) is 9.69 Å². The molecule has 8 nitrogen and oxygen atoms in total. The molecule has 4 aromatic rings. The Morgan fingerprint density at radius 1 is 1.00 bits per heavy atom. The molecule has 0 radical (unpaired) electrons. The van der Waals surface area contributed by atoms with Crippen LogP contribution in [0.25, 0.3) is 16.6 Å². The average Bonchev–Trinajstić information content (AvgIpc) is 3.27. The number of nitrogens with zero attached hydrogens (tertiary/aromatic N) is 2. The number of hydrogen-bond acceptors (Lipinski definition) is 4. The number of para-hydroxylation sites is 1. The minimum absolute atomic E-state index is 0.169. The zero-order valence-electron chi connectivity index (χ0n) is 19.5. The van der Waals surface area contributed by atoms with Crippen LogP contribution in [0.1, 0.15) is 11.1 Å². The summed E-state index contributed by atoms with van der Waals surface area (Å²) in [6.07, 6.45) is 4.81. The van der Waals surface area contributed by atoms with Gasteiger partial charge in [0, 0.05) is 61.4 Å². The molecule has 1 aliphatic rings. The lowest BCUT2D eigenvalue weighted by Gasteiger charge is -2.26. The highest BCUT2D eigenvalue weighted by Crippen LogP contribution is 2.26. The van der Waals surface area contributed by atoms with Crippen LogP contribution < -0.4 is 16.2 Å². The molecule has 35 heavy (non-hydrogen) atoms. The molecule has 1 saturated heterocycles. The molecule has 1 fully saturated rings. The first-order chi connectivity index (χ1) is 17.2. The van der Waals surface area contributed by atoms with Crippen molar-refractivity contribution < 1.29 is 9.53 Å². The Morgan fingerprint density at radius 2 is 1.80 bits per heavy atom. The third kappa shape index (κ3) is 5.62. The van der Waals surface area contributed by atoms with Crippen LogP contribution in [-0.4, -0.2) is 53.3 Å². The van der Waals surface area contributed by atoms with E-state index in [2.05, 4.69) is 55.5 Å². The number of carbonyl (C=O) groups excluding carboxylic acids is 1. The van der Waals surface area contributed by atoms with Crippen molar-refractivity contribution in [2.24, 2.45) is 0 Å². The SMILES string of the molecule is O=C(NCc1ccc(=O)[nH]c1)Nc1ccc(-n2cc(CCN3CCOCC3)c3ccccc32)cc1. The number of benzene rings is 2. The van der Waals surface area contributed by atoms with E-state index in [9.17, 15) is 9.59 Å². The summed E-state index contributed by atoms with van der Waals surface area (Å²) < 4.78 is 7.68. The molecule has 0 atom stereocenters. The van der Waals surface area contributed by atoms with Gasteiger partial charge in [-0.1, -0.05) is 24.3 Å². The molecule has 8 heteroatoms. The minimum Gasteiger partial charge on any atom is -0.379 e. The highest BCUT2D eigenvalue weighted by molar-refractivity contribution is 5.89. The van der Waals surface area contributed by atoms with Crippen LogP contribution in [-0.2, 0) is 17.7 Å². The largest absolute Gasteiger partial charge is 0.379 e. The van der Waals surface area contributed by atoms with Gasteiger partial charge in [-0.2, -0.15) is 0 Å². The summed E-state index contributed by atoms with van der Waals surface area (Å²) in [5.74, 6) is 0. The van der Waals surface area contributed by atoms with E-state index in [0.717, 1.165) is 50.5 Å². The quantitative estimate of drug-likeness (QED) is 0.385. The fourth-order valence-electron chi connectivity index (χ4n) is 4.38. The molecule has 180 valence electrons. The van der Waals surface area contributed by atoms with Crippen LogP contribution in [0.4, 0.5) is 10.5 Å². The van der Waals surface area contributed by atoms with Crippen molar-refractivity contribution in [2.75, 3.05) is 38.2 Å². The fourth-order valence-corrected chi connectivity index (χ4v) is 4.38. The Hall–Kier alpha value is -3.88. The summed E-state index contributed by atoms with van der Waals surface area (Å²) >= 11 is 0. The number of rotatable bonds is 7. The van der Waals surface area contributed by atoms with E-state index in [4.69, 9.17) is 4.74 Å². The van der Waals surface area contributed by atoms with Crippen LogP contribution in [0, 0.1) is 0 Å². The Labute approximate surface area is 203 Å². The van der Waals surface area contributed by atoms with Gasteiger partial charge in [-0.25, -0.2) is 4.79 Å². The maximum absolute atomic E-state index is 12.3. The lowest BCUT2D eigenvalue weighted by atomic mass is 10.1. The van der Waals surface area contributed by atoms with E-state index in [1.54, 1.807) is 12.3 Å². The first-order valence-corrected chi connectivity index (χ1v) is 11.9. The molecule has 0 spiro atoms. The Bertz CT molecular complexity index is 1330. The summed E-state index contributed by atoms with van der Waals surface area (Å²) in [6.45, 7) is 4.95. The summed E-state index contributed by atoms with van der Waals surface area (Å²) in [6, 6.07) is 19.1. The Kier molecular flexibility index (Phi) is 6.92. The Balaban J connectivity index is 1.25. The van der Waals surface area contributed by atoms with Gasteiger partial charge in [0.1, 0.15) is 0 Å². The number of fused-ring (bicyclic) bond motifs is 1. The first kappa shape index (κ1) is 22.9. The molecule has 2 aromatic carbocycles. The van der Waals surface area contributed by atoms with E-state index >= 15 is 0 Å². The zero-order valence-corrected chi connectivity index (χ0v) is 19.5. The molecule has 5 rings (SSSR count). The first-order valence-electron chi connectivity index (χ1n) is 11.9. The molecule has 0 bridgehead atoms. The second-order valence-electron chi connectivity index (χ2n) is 8.66. The summed E-state index contributed by atoms with van der Waals surface area (Å²) in [7, 11) is 0.